The Hall–Kier alpha value is -2.11. The van der Waals surface area contributed by atoms with Crippen LogP contribution in [0.3, 0.4) is 0 Å². The fourth-order valence-corrected chi connectivity index (χ4v) is 1.58. The van der Waals surface area contributed by atoms with Gasteiger partial charge in [0.05, 0.1) is 27.1 Å². The Morgan fingerprint density at radius 1 is 1.05 bits per heavy atom. The highest BCUT2D eigenvalue weighted by Gasteiger charge is 2.11. The summed E-state index contributed by atoms with van der Waals surface area (Å²) in [5.74, 6) is -0.561. The van der Waals surface area contributed by atoms with E-state index in [1.807, 2.05) is 17.0 Å². The van der Waals surface area contributed by atoms with Crippen LogP contribution in [0, 0.1) is 0 Å². The van der Waals surface area contributed by atoms with E-state index in [9.17, 15) is 9.59 Å². The van der Waals surface area contributed by atoms with Crippen LogP contribution in [0.15, 0.2) is 24.5 Å². The van der Waals surface area contributed by atoms with Gasteiger partial charge in [0.1, 0.15) is 0 Å². The van der Waals surface area contributed by atoms with Crippen LogP contribution in [-0.4, -0.2) is 44.2 Å². The summed E-state index contributed by atoms with van der Waals surface area (Å²) in [5.41, 5.74) is 0.905. The summed E-state index contributed by atoms with van der Waals surface area (Å²) in [7, 11) is 2.71. The van der Waals surface area contributed by atoms with Crippen LogP contribution < -0.4 is 4.90 Å². The molecule has 0 unspecified atom stereocenters. The molecular weight excluding hydrogens is 248 g/mol. The highest BCUT2D eigenvalue weighted by Crippen LogP contribution is 2.13. The predicted octanol–water partition coefficient (Wildman–Crippen LogP) is 1.01. The SMILES string of the molecule is COC(=O)CCN(CCC(=O)OC)c1ccncc1. The Morgan fingerprint density at radius 2 is 1.53 bits per heavy atom. The van der Waals surface area contributed by atoms with Crippen LogP contribution in [0.2, 0.25) is 0 Å². The van der Waals surface area contributed by atoms with Crippen LogP contribution in [-0.2, 0) is 19.1 Å². The quantitative estimate of drug-likeness (QED) is 0.686. The molecule has 0 aliphatic heterocycles. The van der Waals surface area contributed by atoms with Crippen LogP contribution in [0.5, 0.6) is 0 Å². The van der Waals surface area contributed by atoms with Gasteiger partial charge in [-0.25, -0.2) is 0 Å². The summed E-state index contributed by atoms with van der Waals surface area (Å²) in [6.07, 6.45) is 3.86. The van der Waals surface area contributed by atoms with Crippen molar-refractivity contribution in [3.05, 3.63) is 24.5 Å². The van der Waals surface area contributed by atoms with Crippen molar-refractivity contribution in [3.63, 3.8) is 0 Å². The molecule has 0 radical (unpaired) electrons. The number of carbonyl (C=O) groups is 2. The number of pyridine rings is 1. The van der Waals surface area contributed by atoms with Crippen molar-refractivity contribution in [2.75, 3.05) is 32.2 Å². The molecule has 0 spiro atoms. The Kier molecular flexibility index (Phi) is 6.35. The molecule has 0 fully saturated rings. The molecule has 0 atom stereocenters. The van der Waals surface area contributed by atoms with Crippen molar-refractivity contribution in [3.8, 4) is 0 Å². The lowest BCUT2D eigenvalue weighted by molar-refractivity contribution is -0.140. The van der Waals surface area contributed by atoms with Crippen LogP contribution in [0.4, 0.5) is 5.69 Å². The first-order valence-corrected chi connectivity index (χ1v) is 5.96. The highest BCUT2D eigenvalue weighted by molar-refractivity contribution is 5.71. The summed E-state index contributed by atoms with van der Waals surface area (Å²) >= 11 is 0. The van der Waals surface area contributed by atoms with Gasteiger partial charge in [0.25, 0.3) is 0 Å². The Balaban J connectivity index is 2.62. The van der Waals surface area contributed by atoms with Gasteiger partial charge in [-0.3, -0.25) is 14.6 Å². The van der Waals surface area contributed by atoms with E-state index in [2.05, 4.69) is 14.5 Å². The number of rotatable bonds is 7. The third-order valence-electron chi connectivity index (χ3n) is 2.65. The monoisotopic (exact) mass is 266 g/mol. The first kappa shape index (κ1) is 14.9. The number of aromatic nitrogens is 1. The number of carbonyl (C=O) groups excluding carboxylic acids is 2. The molecule has 0 amide bonds. The maximum Gasteiger partial charge on any atom is 0.307 e. The zero-order chi connectivity index (χ0) is 14.1. The van der Waals surface area contributed by atoms with E-state index in [1.165, 1.54) is 14.2 Å². The smallest absolute Gasteiger partial charge is 0.307 e. The van der Waals surface area contributed by atoms with E-state index >= 15 is 0 Å². The summed E-state index contributed by atoms with van der Waals surface area (Å²) in [6, 6.07) is 3.66. The molecule has 104 valence electrons. The number of methoxy groups -OCH3 is 2. The molecule has 1 rings (SSSR count). The van der Waals surface area contributed by atoms with Gasteiger partial charge in [-0.05, 0) is 12.1 Å². The molecule has 6 heteroatoms. The largest absolute Gasteiger partial charge is 0.469 e. The van der Waals surface area contributed by atoms with Crippen molar-refractivity contribution in [2.24, 2.45) is 0 Å². The molecule has 6 nitrogen and oxygen atoms in total. The van der Waals surface area contributed by atoms with Gasteiger partial charge in [0.2, 0.25) is 0 Å². The fourth-order valence-electron chi connectivity index (χ4n) is 1.58. The summed E-state index contributed by atoms with van der Waals surface area (Å²) < 4.78 is 9.23. The van der Waals surface area contributed by atoms with Gasteiger partial charge in [0.15, 0.2) is 0 Å². The van der Waals surface area contributed by atoms with Crippen molar-refractivity contribution in [1.29, 1.82) is 0 Å². The number of hydrogen-bond acceptors (Lipinski definition) is 6. The lowest BCUT2D eigenvalue weighted by atomic mass is 10.3. The first-order valence-electron chi connectivity index (χ1n) is 5.96. The second kappa shape index (κ2) is 8.07. The Labute approximate surface area is 112 Å². The molecule has 0 bridgehead atoms. The molecule has 0 aromatic carbocycles. The lowest BCUT2D eigenvalue weighted by Crippen LogP contribution is -2.29. The average molecular weight is 266 g/mol. The number of hydrogen-bond donors (Lipinski definition) is 0. The maximum atomic E-state index is 11.2. The zero-order valence-electron chi connectivity index (χ0n) is 11.2. The molecule has 1 heterocycles. The second-order valence-corrected chi connectivity index (χ2v) is 3.84. The summed E-state index contributed by atoms with van der Waals surface area (Å²) in [4.78, 5) is 28.2. The van der Waals surface area contributed by atoms with Gasteiger partial charge in [0, 0.05) is 31.2 Å². The van der Waals surface area contributed by atoms with Crippen molar-refractivity contribution >= 4 is 17.6 Å². The minimum atomic E-state index is -0.280. The number of nitrogens with zero attached hydrogens (tertiary/aromatic N) is 2. The minimum absolute atomic E-state index is 0.264. The predicted molar refractivity (Wildman–Crippen MR) is 69.7 cm³/mol. The van der Waals surface area contributed by atoms with Crippen molar-refractivity contribution in [2.45, 2.75) is 12.8 Å². The molecule has 19 heavy (non-hydrogen) atoms. The van der Waals surface area contributed by atoms with Gasteiger partial charge in [-0.15, -0.1) is 0 Å². The zero-order valence-corrected chi connectivity index (χ0v) is 11.2. The number of anilines is 1. The second-order valence-electron chi connectivity index (χ2n) is 3.84. The molecular formula is C13H18N2O4. The molecule has 0 saturated heterocycles. The van der Waals surface area contributed by atoms with Gasteiger partial charge in [-0.2, -0.15) is 0 Å². The average Bonchev–Trinajstić information content (AvgIpc) is 2.47. The normalized spacial score (nSPS) is 9.79. The van der Waals surface area contributed by atoms with Crippen LogP contribution in [0.1, 0.15) is 12.8 Å². The molecule has 1 aromatic rings. The number of ether oxygens (including phenoxy) is 2. The molecule has 1 aromatic heterocycles. The molecule has 0 N–H and O–H groups in total. The number of esters is 2. The van der Waals surface area contributed by atoms with E-state index in [0.717, 1.165) is 5.69 Å². The summed E-state index contributed by atoms with van der Waals surface area (Å²) in [6.45, 7) is 0.960. The summed E-state index contributed by atoms with van der Waals surface area (Å²) in [5, 5.41) is 0. The maximum absolute atomic E-state index is 11.2. The van der Waals surface area contributed by atoms with E-state index in [0.29, 0.717) is 13.1 Å². The van der Waals surface area contributed by atoms with Crippen LogP contribution >= 0.6 is 0 Å². The first-order chi connectivity index (χ1) is 9.17. The van der Waals surface area contributed by atoms with Gasteiger partial charge in [-0.1, -0.05) is 0 Å². The van der Waals surface area contributed by atoms with Crippen molar-refractivity contribution in [1.82, 2.24) is 4.98 Å². The van der Waals surface area contributed by atoms with Crippen molar-refractivity contribution < 1.29 is 19.1 Å². The molecule has 0 aliphatic rings. The van der Waals surface area contributed by atoms with Gasteiger partial charge < -0.3 is 14.4 Å². The third kappa shape index (κ3) is 5.37. The Bertz CT molecular complexity index is 388. The minimum Gasteiger partial charge on any atom is -0.469 e. The Morgan fingerprint density at radius 3 is 1.95 bits per heavy atom. The van der Waals surface area contributed by atoms with E-state index in [4.69, 9.17) is 0 Å². The van der Waals surface area contributed by atoms with E-state index in [1.54, 1.807) is 12.4 Å². The van der Waals surface area contributed by atoms with E-state index in [-0.39, 0.29) is 24.8 Å². The molecule has 0 saturated carbocycles. The third-order valence-corrected chi connectivity index (χ3v) is 2.65. The fraction of sp³-hybridized carbons (Fsp3) is 0.462. The lowest BCUT2D eigenvalue weighted by Gasteiger charge is -2.23. The standard InChI is InChI=1S/C13H18N2O4/c1-18-12(16)5-9-15(10-6-13(17)19-2)11-3-7-14-8-4-11/h3-4,7-8H,5-6,9-10H2,1-2H3. The van der Waals surface area contributed by atoms with Crippen LogP contribution in [0.25, 0.3) is 0 Å². The topological polar surface area (TPSA) is 68.7 Å². The highest BCUT2D eigenvalue weighted by atomic mass is 16.5. The van der Waals surface area contributed by atoms with Gasteiger partial charge >= 0.3 is 11.9 Å². The molecule has 0 aliphatic carbocycles. The van der Waals surface area contributed by atoms with E-state index < -0.39 is 0 Å².